The van der Waals surface area contributed by atoms with Crippen molar-refractivity contribution < 1.29 is 0 Å². The first kappa shape index (κ1) is 17.5. The van der Waals surface area contributed by atoms with Gasteiger partial charge in [0.15, 0.2) is 0 Å². The summed E-state index contributed by atoms with van der Waals surface area (Å²) in [6.45, 7) is 0. The molecule has 2 aliphatic rings. The molecule has 0 saturated carbocycles. The Morgan fingerprint density at radius 3 is 1.78 bits per heavy atom. The van der Waals surface area contributed by atoms with E-state index in [2.05, 4.69) is 114 Å². The smallest absolute Gasteiger partial charge is 0.0926 e. The van der Waals surface area contributed by atoms with Crippen molar-refractivity contribution >= 4 is 17.1 Å². The Hall–Kier alpha value is -4.17. The molecule has 2 heteroatoms. The van der Waals surface area contributed by atoms with Crippen LogP contribution in [0.25, 0.3) is 11.1 Å². The molecule has 4 aromatic carbocycles. The lowest BCUT2D eigenvalue weighted by molar-refractivity contribution is 0.725. The monoisotopic (exact) mass is 408 g/mol. The van der Waals surface area contributed by atoms with E-state index in [0.717, 1.165) is 11.4 Å². The molecule has 1 spiro atoms. The Kier molecular flexibility index (Phi) is 3.51. The van der Waals surface area contributed by atoms with Crippen LogP contribution < -0.4 is 4.90 Å². The molecule has 5 aromatic rings. The number of para-hydroxylation sites is 3. The summed E-state index contributed by atoms with van der Waals surface area (Å²) in [4.78, 5) is 7.42. The Morgan fingerprint density at radius 1 is 0.500 bits per heavy atom. The largest absolute Gasteiger partial charge is 0.310 e. The second kappa shape index (κ2) is 6.41. The van der Waals surface area contributed by atoms with Gasteiger partial charge in [-0.2, -0.15) is 0 Å². The summed E-state index contributed by atoms with van der Waals surface area (Å²) in [6, 6.07) is 41.3. The Balaban J connectivity index is 1.67. The number of pyridine rings is 1. The Bertz CT molecular complexity index is 1390. The van der Waals surface area contributed by atoms with Crippen LogP contribution in [0.4, 0.5) is 17.1 Å². The lowest BCUT2D eigenvalue weighted by Gasteiger charge is -2.44. The molecule has 0 bridgehead atoms. The van der Waals surface area contributed by atoms with Gasteiger partial charge < -0.3 is 4.90 Å². The summed E-state index contributed by atoms with van der Waals surface area (Å²) >= 11 is 0. The van der Waals surface area contributed by atoms with Gasteiger partial charge in [0.1, 0.15) is 0 Å². The first-order chi connectivity index (χ1) is 15.9. The zero-order valence-corrected chi connectivity index (χ0v) is 17.4. The number of hydrogen-bond donors (Lipinski definition) is 0. The Morgan fingerprint density at radius 2 is 1.06 bits per heavy atom. The minimum Gasteiger partial charge on any atom is -0.310 e. The second-order valence-electron chi connectivity index (χ2n) is 8.40. The SMILES string of the molecule is c1ccc(N2c3ccccc3C3(c4ccccc4-c4cccnc43)c3ccccc32)cc1. The predicted molar refractivity (Wildman–Crippen MR) is 130 cm³/mol. The van der Waals surface area contributed by atoms with Crippen LogP contribution >= 0.6 is 0 Å². The van der Waals surface area contributed by atoms with Crippen molar-refractivity contribution in [3.05, 3.63) is 144 Å². The Labute approximate surface area is 187 Å². The maximum absolute atomic E-state index is 5.03. The normalized spacial score (nSPS) is 14.4. The van der Waals surface area contributed by atoms with Crippen LogP contribution in [0, 0.1) is 0 Å². The summed E-state index contributed by atoms with van der Waals surface area (Å²) in [7, 11) is 0. The molecule has 0 amide bonds. The van der Waals surface area contributed by atoms with Crippen LogP contribution in [-0.4, -0.2) is 4.98 Å². The summed E-state index contributed by atoms with van der Waals surface area (Å²) in [5.74, 6) is 0. The van der Waals surface area contributed by atoms with Crippen LogP contribution in [0.2, 0.25) is 0 Å². The third-order valence-corrected chi connectivity index (χ3v) is 6.90. The van der Waals surface area contributed by atoms with Crippen molar-refractivity contribution in [3.8, 4) is 11.1 Å². The van der Waals surface area contributed by atoms with Crippen molar-refractivity contribution in [1.82, 2.24) is 4.98 Å². The van der Waals surface area contributed by atoms with E-state index in [1.165, 1.54) is 39.2 Å². The number of hydrogen-bond acceptors (Lipinski definition) is 2. The van der Waals surface area contributed by atoms with Crippen molar-refractivity contribution in [2.45, 2.75) is 5.41 Å². The molecule has 1 aromatic heterocycles. The molecule has 0 saturated heterocycles. The zero-order valence-electron chi connectivity index (χ0n) is 17.4. The molecule has 2 nitrogen and oxygen atoms in total. The van der Waals surface area contributed by atoms with Crippen LogP contribution in [-0.2, 0) is 5.41 Å². The fourth-order valence-corrected chi connectivity index (χ4v) is 5.74. The van der Waals surface area contributed by atoms with Gasteiger partial charge in [0.25, 0.3) is 0 Å². The number of anilines is 3. The molecule has 2 heterocycles. The fraction of sp³-hybridized carbons (Fsp3) is 0.0333. The molecule has 32 heavy (non-hydrogen) atoms. The van der Waals surface area contributed by atoms with Gasteiger partial charge in [-0.15, -0.1) is 0 Å². The number of rotatable bonds is 1. The van der Waals surface area contributed by atoms with Crippen LogP contribution in [0.1, 0.15) is 22.4 Å². The van der Waals surface area contributed by atoms with Crippen LogP contribution in [0.15, 0.2) is 121 Å². The first-order valence-corrected chi connectivity index (χ1v) is 11.0. The van der Waals surface area contributed by atoms with E-state index in [0.29, 0.717) is 0 Å². The second-order valence-corrected chi connectivity index (χ2v) is 8.40. The van der Waals surface area contributed by atoms with Gasteiger partial charge in [0.05, 0.1) is 22.5 Å². The van der Waals surface area contributed by atoms with Gasteiger partial charge in [-0.3, -0.25) is 4.98 Å². The highest BCUT2D eigenvalue weighted by atomic mass is 15.2. The average Bonchev–Trinajstić information content (AvgIpc) is 3.16. The molecular formula is C30H20N2. The third kappa shape index (κ3) is 2.06. The first-order valence-electron chi connectivity index (χ1n) is 11.0. The van der Waals surface area contributed by atoms with E-state index in [9.17, 15) is 0 Å². The lowest BCUT2D eigenvalue weighted by atomic mass is 9.66. The highest BCUT2D eigenvalue weighted by molar-refractivity contribution is 5.94. The molecule has 7 rings (SSSR count). The van der Waals surface area contributed by atoms with Crippen LogP contribution in [0.5, 0.6) is 0 Å². The number of benzene rings is 4. The number of fused-ring (bicyclic) bond motifs is 9. The van der Waals surface area contributed by atoms with Gasteiger partial charge in [-0.25, -0.2) is 0 Å². The highest BCUT2D eigenvalue weighted by Gasteiger charge is 2.52. The molecule has 1 aliphatic carbocycles. The minimum absolute atomic E-state index is 0.439. The number of aromatic nitrogens is 1. The summed E-state index contributed by atoms with van der Waals surface area (Å²) in [5.41, 5.74) is 10.6. The van der Waals surface area contributed by atoms with Gasteiger partial charge in [-0.05, 0) is 52.6 Å². The molecule has 0 N–H and O–H groups in total. The topological polar surface area (TPSA) is 16.1 Å². The molecule has 0 atom stereocenters. The zero-order chi connectivity index (χ0) is 21.1. The van der Waals surface area contributed by atoms with Crippen molar-refractivity contribution in [2.24, 2.45) is 0 Å². The molecule has 0 fully saturated rings. The molecule has 0 unspecified atom stereocenters. The number of nitrogens with zero attached hydrogens (tertiary/aromatic N) is 2. The highest BCUT2D eigenvalue weighted by Crippen LogP contribution is 2.62. The van der Waals surface area contributed by atoms with Crippen molar-refractivity contribution in [1.29, 1.82) is 0 Å². The van der Waals surface area contributed by atoms with Gasteiger partial charge in [0, 0.05) is 17.4 Å². The van der Waals surface area contributed by atoms with Crippen molar-refractivity contribution in [3.63, 3.8) is 0 Å². The van der Waals surface area contributed by atoms with E-state index in [1.54, 1.807) is 0 Å². The lowest BCUT2D eigenvalue weighted by Crippen LogP contribution is -2.36. The maximum Gasteiger partial charge on any atom is 0.0926 e. The van der Waals surface area contributed by atoms with E-state index >= 15 is 0 Å². The van der Waals surface area contributed by atoms with Gasteiger partial charge >= 0.3 is 0 Å². The molecular weight excluding hydrogens is 388 g/mol. The summed E-state index contributed by atoms with van der Waals surface area (Å²) < 4.78 is 0. The van der Waals surface area contributed by atoms with Crippen molar-refractivity contribution in [2.75, 3.05) is 4.90 Å². The maximum atomic E-state index is 5.03. The molecule has 150 valence electrons. The predicted octanol–water partition coefficient (Wildman–Crippen LogP) is 7.23. The van der Waals surface area contributed by atoms with E-state index in [-0.39, 0.29) is 0 Å². The van der Waals surface area contributed by atoms with Gasteiger partial charge in [-0.1, -0.05) is 84.9 Å². The average molecular weight is 409 g/mol. The standard InChI is InChI=1S/C30H20N2/c1-2-11-21(12-3-1)32-27-18-8-6-16-25(27)30(26-17-7-9-19-28(26)32)24-15-5-4-13-22(24)23-14-10-20-31-29(23)30/h1-20H. The van der Waals surface area contributed by atoms with E-state index < -0.39 is 5.41 Å². The summed E-state index contributed by atoms with van der Waals surface area (Å²) in [6.07, 6.45) is 1.93. The quantitative estimate of drug-likeness (QED) is 0.285. The van der Waals surface area contributed by atoms with Crippen LogP contribution in [0.3, 0.4) is 0 Å². The minimum atomic E-state index is -0.439. The van der Waals surface area contributed by atoms with E-state index in [1.807, 2.05) is 12.3 Å². The molecule has 1 aliphatic heterocycles. The third-order valence-electron chi connectivity index (χ3n) is 6.90. The van der Waals surface area contributed by atoms with Gasteiger partial charge in [0.2, 0.25) is 0 Å². The molecule has 0 radical (unpaired) electrons. The fourth-order valence-electron chi connectivity index (χ4n) is 5.74. The summed E-state index contributed by atoms with van der Waals surface area (Å²) in [5, 5.41) is 0. The van der Waals surface area contributed by atoms with E-state index in [4.69, 9.17) is 4.98 Å².